The Morgan fingerprint density at radius 3 is 2.46 bits per heavy atom. The van der Waals surface area contributed by atoms with Gasteiger partial charge in [0, 0.05) is 32.7 Å². The minimum absolute atomic E-state index is 0.230. The predicted molar refractivity (Wildman–Crippen MR) is 105 cm³/mol. The summed E-state index contributed by atoms with van der Waals surface area (Å²) in [6.45, 7) is 10.0. The first-order valence-electron chi connectivity index (χ1n) is 10.3. The van der Waals surface area contributed by atoms with Crippen molar-refractivity contribution in [2.45, 2.75) is 52.5 Å². The molecule has 0 spiro atoms. The molecular weight excluding hydrogens is 324 g/mol. The Kier molecular flexibility index (Phi) is 6.95. The Hall–Kier alpha value is -1.55. The average Bonchev–Trinajstić information content (AvgIpc) is 2.53. The molecule has 0 N–H and O–H groups in total. The monoisotopic (exact) mass is 358 g/mol. The van der Waals surface area contributed by atoms with Gasteiger partial charge in [-0.25, -0.2) is 0 Å². The highest BCUT2D eigenvalue weighted by atomic mass is 16.5. The number of carbonyl (C=O) groups is 1. The van der Waals surface area contributed by atoms with Crippen LogP contribution in [-0.4, -0.2) is 48.5 Å². The van der Waals surface area contributed by atoms with E-state index in [0.717, 1.165) is 57.4 Å². The van der Waals surface area contributed by atoms with E-state index < -0.39 is 0 Å². The molecule has 0 aromatic heterocycles. The van der Waals surface area contributed by atoms with Gasteiger partial charge in [0.05, 0.1) is 12.5 Å². The SMILES string of the molecule is CC(C)CCCCCOc1ccc(CN2CC(C(=O)N3CCC3)C2)cc1. The minimum atomic E-state index is 0.230. The first kappa shape index (κ1) is 19.2. The number of rotatable bonds is 10. The molecule has 0 bridgehead atoms. The highest BCUT2D eigenvalue weighted by Crippen LogP contribution is 2.23. The Bertz CT molecular complexity index is 560. The lowest BCUT2D eigenvalue weighted by Crippen LogP contribution is -2.56. The van der Waals surface area contributed by atoms with Gasteiger partial charge in [0.15, 0.2) is 0 Å². The van der Waals surface area contributed by atoms with E-state index in [4.69, 9.17) is 4.74 Å². The maximum absolute atomic E-state index is 12.1. The second-order valence-electron chi connectivity index (χ2n) is 8.31. The molecule has 2 heterocycles. The quantitative estimate of drug-likeness (QED) is 0.594. The normalized spacial score (nSPS) is 17.9. The van der Waals surface area contributed by atoms with Crippen LogP contribution in [0.1, 0.15) is 51.5 Å². The Morgan fingerprint density at radius 2 is 1.85 bits per heavy atom. The summed E-state index contributed by atoms with van der Waals surface area (Å²) in [6.07, 6.45) is 6.18. The highest BCUT2D eigenvalue weighted by Gasteiger charge is 2.36. The molecule has 4 heteroatoms. The Balaban J connectivity index is 1.29. The van der Waals surface area contributed by atoms with Gasteiger partial charge in [0.25, 0.3) is 0 Å². The molecule has 4 nitrogen and oxygen atoms in total. The van der Waals surface area contributed by atoms with E-state index in [1.54, 1.807) is 0 Å². The van der Waals surface area contributed by atoms with E-state index in [9.17, 15) is 4.79 Å². The van der Waals surface area contributed by atoms with E-state index >= 15 is 0 Å². The second kappa shape index (κ2) is 9.40. The summed E-state index contributed by atoms with van der Waals surface area (Å²) >= 11 is 0. The number of likely N-dealkylation sites (tertiary alicyclic amines) is 2. The van der Waals surface area contributed by atoms with Gasteiger partial charge in [-0.05, 0) is 36.5 Å². The lowest BCUT2D eigenvalue weighted by molar-refractivity contribution is -0.144. The number of hydrogen-bond donors (Lipinski definition) is 0. The molecule has 0 atom stereocenters. The summed E-state index contributed by atoms with van der Waals surface area (Å²) in [6, 6.07) is 8.45. The van der Waals surface area contributed by atoms with Gasteiger partial charge in [0.2, 0.25) is 5.91 Å². The van der Waals surface area contributed by atoms with Crippen molar-refractivity contribution >= 4 is 5.91 Å². The first-order chi connectivity index (χ1) is 12.6. The average molecular weight is 359 g/mol. The van der Waals surface area contributed by atoms with Gasteiger partial charge < -0.3 is 9.64 Å². The molecular formula is C22H34N2O2. The van der Waals surface area contributed by atoms with Crippen molar-refractivity contribution in [3.05, 3.63) is 29.8 Å². The summed E-state index contributed by atoms with van der Waals surface area (Å²) in [5.74, 6) is 2.37. The van der Waals surface area contributed by atoms with Crippen molar-refractivity contribution in [1.29, 1.82) is 0 Å². The van der Waals surface area contributed by atoms with Crippen LogP contribution in [0, 0.1) is 11.8 Å². The molecule has 0 radical (unpaired) electrons. The van der Waals surface area contributed by atoms with Gasteiger partial charge >= 0.3 is 0 Å². The molecule has 3 rings (SSSR count). The number of unbranched alkanes of at least 4 members (excludes halogenated alkanes) is 2. The molecule has 26 heavy (non-hydrogen) atoms. The fourth-order valence-electron chi connectivity index (χ4n) is 3.62. The van der Waals surface area contributed by atoms with Crippen molar-refractivity contribution < 1.29 is 9.53 Å². The second-order valence-corrected chi connectivity index (χ2v) is 8.31. The topological polar surface area (TPSA) is 32.8 Å². The number of hydrogen-bond acceptors (Lipinski definition) is 3. The molecule has 0 aliphatic carbocycles. The molecule has 144 valence electrons. The van der Waals surface area contributed by atoms with Crippen molar-refractivity contribution in [2.24, 2.45) is 11.8 Å². The van der Waals surface area contributed by atoms with Gasteiger partial charge in [-0.1, -0.05) is 45.2 Å². The van der Waals surface area contributed by atoms with E-state index in [-0.39, 0.29) is 5.92 Å². The number of benzene rings is 1. The van der Waals surface area contributed by atoms with Crippen LogP contribution in [0.25, 0.3) is 0 Å². The van der Waals surface area contributed by atoms with Crippen molar-refractivity contribution in [1.82, 2.24) is 9.80 Å². The summed E-state index contributed by atoms with van der Waals surface area (Å²) in [5, 5.41) is 0. The summed E-state index contributed by atoms with van der Waals surface area (Å²) in [5.41, 5.74) is 1.30. The van der Waals surface area contributed by atoms with E-state index in [1.807, 2.05) is 4.90 Å². The van der Waals surface area contributed by atoms with Crippen molar-refractivity contribution in [3.8, 4) is 5.75 Å². The predicted octanol–water partition coefficient (Wildman–Crippen LogP) is 3.95. The fraction of sp³-hybridized carbons (Fsp3) is 0.682. The number of carbonyl (C=O) groups excluding carboxylic acids is 1. The fourth-order valence-corrected chi connectivity index (χ4v) is 3.62. The molecule has 2 aliphatic heterocycles. The number of amides is 1. The lowest BCUT2D eigenvalue weighted by Gasteiger charge is -2.43. The van der Waals surface area contributed by atoms with Crippen LogP contribution in [0.15, 0.2) is 24.3 Å². The third-order valence-electron chi connectivity index (χ3n) is 5.50. The molecule has 1 aromatic carbocycles. The highest BCUT2D eigenvalue weighted by molar-refractivity contribution is 5.80. The van der Waals surface area contributed by atoms with Crippen LogP contribution in [0.4, 0.5) is 0 Å². The minimum Gasteiger partial charge on any atom is -0.494 e. The van der Waals surface area contributed by atoms with Gasteiger partial charge in [-0.3, -0.25) is 9.69 Å². The Labute approximate surface area is 158 Å². The van der Waals surface area contributed by atoms with Crippen LogP contribution < -0.4 is 4.74 Å². The van der Waals surface area contributed by atoms with Gasteiger partial charge in [-0.2, -0.15) is 0 Å². The van der Waals surface area contributed by atoms with E-state index in [0.29, 0.717) is 5.91 Å². The zero-order valence-corrected chi connectivity index (χ0v) is 16.5. The first-order valence-corrected chi connectivity index (χ1v) is 10.3. The molecule has 1 amide bonds. The summed E-state index contributed by atoms with van der Waals surface area (Å²) < 4.78 is 5.84. The molecule has 1 aromatic rings. The Morgan fingerprint density at radius 1 is 1.12 bits per heavy atom. The smallest absolute Gasteiger partial charge is 0.228 e. The molecule has 0 unspecified atom stereocenters. The number of ether oxygens (including phenoxy) is 1. The van der Waals surface area contributed by atoms with Gasteiger partial charge in [-0.15, -0.1) is 0 Å². The van der Waals surface area contributed by atoms with Crippen LogP contribution in [-0.2, 0) is 11.3 Å². The molecule has 2 saturated heterocycles. The third-order valence-corrected chi connectivity index (χ3v) is 5.50. The summed E-state index contributed by atoms with van der Waals surface area (Å²) in [4.78, 5) is 16.5. The zero-order valence-electron chi connectivity index (χ0n) is 16.5. The lowest BCUT2D eigenvalue weighted by atomic mass is 9.96. The summed E-state index contributed by atoms with van der Waals surface area (Å²) in [7, 11) is 0. The largest absolute Gasteiger partial charge is 0.494 e. The molecule has 0 saturated carbocycles. The zero-order chi connectivity index (χ0) is 18.4. The van der Waals surface area contributed by atoms with E-state index in [2.05, 4.69) is 43.0 Å². The van der Waals surface area contributed by atoms with Crippen LogP contribution in [0.3, 0.4) is 0 Å². The van der Waals surface area contributed by atoms with E-state index in [1.165, 1.54) is 31.2 Å². The maximum atomic E-state index is 12.1. The third kappa shape index (κ3) is 5.47. The van der Waals surface area contributed by atoms with Crippen LogP contribution in [0.5, 0.6) is 5.75 Å². The molecule has 2 fully saturated rings. The molecule has 2 aliphatic rings. The maximum Gasteiger partial charge on any atom is 0.228 e. The van der Waals surface area contributed by atoms with Gasteiger partial charge in [0.1, 0.15) is 5.75 Å². The van der Waals surface area contributed by atoms with Crippen LogP contribution >= 0.6 is 0 Å². The van der Waals surface area contributed by atoms with Crippen molar-refractivity contribution in [3.63, 3.8) is 0 Å². The standard InChI is InChI=1S/C22H34N2O2/c1-18(2)7-4-3-5-14-26-21-10-8-19(9-11-21)15-23-16-20(17-23)22(25)24-12-6-13-24/h8-11,18,20H,3-7,12-17H2,1-2H3. The van der Waals surface area contributed by atoms with Crippen LogP contribution in [0.2, 0.25) is 0 Å². The van der Waals surface area contributed by atoms with Crippen molar-refractivity contribution in [2.75, 3.05) is 32.8 Å². The number of nitrogens with zero attached hydrogens (tertiary/aromatic N) is 2.